The summed E-state index contributed by atoms with van der Waals surface area (Å²) in [6.45, 7) is 1.27. The number of hydrogen-bond acceptors (Lipinski definition) is 8. The van der Waals surface area contributed by atoms with Crippen LogP contribution in [0.25, 0.3) is 0 Å². The van der Waals surface area contributed by atoms with Crippen LogP contribution in [0.5, 0.6) is 28.7 Å². The van der Waals surface area contributed by atoms with Gasteiger partial charge in [0.25, 0.3) is 0 Å². The van der Waals surface area contributed by atoms with Gasteiger partial charge in [-0.1, -0.05) is 46.9 Å². The smallest absolute Gasteiger partial charge is 0.420 e. The van der Waals surface area contributed by atoms with E-state index in [1.807, 2.05) is 0 Å². The zero-order valence-corrected chi connectivity index (χ0v) is 26.0. The molecule has 0 aliphatic rings. The van der Waals surface area contributed by atoms with Gasteiger partial charge in [0.05, 0.1) is 42.1 Å². The minimum Gasteiger partial charge on any atom is -0.497 e. The number of esters is 1. The van der Waals surface area contributed by atoms with E-state index in [2.05, 4.69) is 0 Å². The van der Waals surface area contributed by atoms with Gasteiger partial charge in [0.15, 0.2) is 11.5 Å². The molecule has 0 unspecified atom stereocenters. The van der Waals surface area contributed by atoms with Gasteiger partial charge in [-0.25, -0.2) is 4.79 Å². The van der Waals surface area contributed by atoms with E-state index in [0.717, 1.165) is 4.90 Å². The average Bonchev–Trinajstić information content (AvgIpc) is 3.01. The Morgan fingerprint density at radius 1 is 0.773 bits per heavy atom. The second-order valence-corrected chi connectivity index (χ2v) is 10.2. The fraction of sp³-hybridized carbons (Fsp3) is 0.156. The Hall–Kier alpha value is -4.44. The molecule has 44 heavy (non-hydrogen) atoms. The Labute approximate surface area is 268 Å². The Morgan fingerprint density at radius 3 is 2.05 bits per heavy atom. The topological polar surface area (TPSA) is 101 Å². The number of ether oxygens (including phenoxy) is 5. The van der Waals surface area contributed by atoms with Crippen LogP contribution in [0.1, 0.15) is 22.8 Å². The van der Waals surface area contributed by atoms with E-state index in [1.54, 1.807) is 55.5 Å². The molecule has 0 bridgehead atoms. The van der Waals surface area contributed by atoms with Crippen LogP contribution in [0.4, 0.5) is 10.5 Å². The number of amides is 1. The third-order valence-corrected chi connectivity index (χ3v) is 6.89. The van der Waals surface area contributed by atoms with Crippen molar-refractivity contribution in [3.8, 4) is 28.7 Å². The van der Waals surface area contributed by atoms with Gasteiger partial charge in [0, 0.05) is 10.6 Å². The fourth-order valence-corrected chi connectivity index (χ4v) is 4.77. The summed E-state index contributed by atoms with van der Waals surface area (Å²) < 4.78 is 27.0. The molecule has 1 amide bonds. The highest BCUT2D eigenvalue weighted by atomic mass is 35.5. The van der Waals surface area contributed by atoms with E-state index in [9.17, 15) is 14.4 Å². The molecule has 0 aliphatic heterocycles. The van der Waals surface area contributed by atoms with Crippen molar-refractivity contribution >= 4 is 58.3 Å². The van der Waals surface area contributed by atoms with Gasteiger partial charge in [-0.05, 0) is 73.7 Å². The minimum absolute atomic E-state index is 0.0112. The quantitative estimate of drug-likeness (QED) is 0.117. The SMILES string of the molecule is CCOC(=O)CN(C(=O)Oc1ccc(OC)cc1)c1cc(Cl)c(Oc2ccc(OC)c(C(=O)c3cccc(Cl)c3)c2)c(Cl)c1. The number of carbonyl (C=O) groups is 3. The van der Waals surface area contributed by atoms with Gasteiger partial charge in [-0.3, -0.25) is 14.5 Å². The lowest BCUT2D eigenvalue weighted by atomic mass is 10.0. The third-order valence-electron chi connectivity index (χ3n) is 6.09. The lowest BCUT2D eigenvalue weighted by Crippen LogP contribution is -2.38. The van der Waals surface area contributed by atoms with Crippen LogP contribution in [0, 0.1) is 0 Å². The molecule has 9 nitrogen and oxygen atoms in total. The highest BCUT2D eigenvalue weighted by molar-refractivity contribution is 6.37. The van der Waals surface area contributed by atoms with Crippen LogP contribution in [0.15, 0.2) is 78.9 Å². The molecule has 0 spiro atoms. The number of nitrogens with zero attached hydrogens (tertiary/aromatic N) is 1. The number of rotatable bonds is 11. The zero-order valence-electron chi connectivity index (χ0n) is 23.8. The Kier molecular flexibility index (Phi) is 10.9. The monoisotopic (exact) mass is 657 g/mol. The molecule has 0 aliphatic carbocycles. The second kappa shape index (κ2) is 14.8. The van der Waals surface area contributed by atoms with Gasteiger partial charge in [0.1, 0.15) is 29.5 Å². The summed E-state index contributed by atoms with van der Waals surface area (Å²) in [5.41, 5.74) is 0.722. The normalized spacial score (nSPS) is 10.5. The molecule has 0 atom stereocenters. The molecule has 0 saturated carbocycles. The fourth-order valence-electron chi connectivity index (χ4n) is 4.03. The summed E-state index contributed by atoms with van der Waals surface area (Å²) in [6.07, 6.45) is -0.886. The maximum Gasteiger partial charge on any atom is 0.420 e. The van der Waals surface area contributed by atoms with Crippen molar-refractivity contribution in [3.05, 3.63) is 105 Å². The standard InChI is InChI=1S/C32H26Cl3NO8/c1-4-42-29(37)18-36(32(39)44-23-10-8-22(40-2)9-11-23)21-15-26(34)31(27(35)16-21)43-24-12-13-28(41-3)25(17-24)30(38)19-6-5-7-20(33)14-19/h5-17H,4,18H2,1-3H3. The molecule has 4 aromatic rings. The van der Waals surface area contributed by atoms with Crippen LogP contribution in [-0.4, -0.2) is 45.2 Å². The molecule has 0 N–H and O–H groups in total. The molecule has 0 aromatic heterocycles. The van der Waals surface area contributed by atoms with Crippen LogP contribution < -0.4 is 23.8 Å². The lowest BCUT2D eigenvalue weighted by molar-refractivity contribution is -0.141. The van der Waals surface area contributed by atoms with E-state index < -0.39 is 18.6 Å². The Bertz CT molecular complexity index is 1650. The van der Waals surface area contributed by atoms with E-state index in [0.29, 0.717) is 22.1 Å². The molecule has 4 aromatic carbocycles. The minimum atomic E-state index is -0.886. The van der Waals surface area contributed by atoms with Crippen molar-refractivity contribution in [2.24, 2.45) is 0 Å². The van der Waals surface area contributed by atoms with Gasteiger partial charge in [-0.2, -0.15) is 0 Å². The van der Waals surface area contributed by atoms with Crippen molar-refractivity contribution in [2.75, 3.05) is 32.3 Å². The van der Waals surface area contributed by atoms with Gasteiger partial charge < -0.3 is 23.7 Å². The van der Waals surface area contributed by atoms with Crippen molar-refractivity contribution in [1.29, 1.82) is 0 Å². The van der Waals surface area contributed by atoms with Crippen molar-refractivity contribution in [1.82, 2.24) is 0 Å². The van der Waals surface area contributed by atoms with Crippen molar-refractivity contribution in [2.45, 2.75) is 6.92 Å². The summed E-state index contributed by atoms with van der Waals surface area (Å²) in [5.74, 6) is 0.358. The van der Waals surface area contributed by atoms with Crippen LogP contribution in [0.3, 0.4) is 0 Å². The van der Waals surface area contributed by atoms with E-state index >= 15 is 0 Å². The van der Waals surface area contributed by atoms with Crippen molar-refractivity contribution < 1.29 is 38.1 Å². The van der Waals surface area contributed by atoms with E-state index in [4.69, 9.17) is 58.5 Å². The third kappa shape index (κ3) is 7.93. The summed E-state index contributed by atoms with van der Waals surface area (Å²) in [4.78, 5) is 39.9. The number of hydrogen-bond donors (Lipinski definition) is 0. The van der Waals surface area contributed by atoms with Gasteiger partial charge in [-0.15, -0.1) is 0 Å². The predicted octanol–water partition coefficient (Wildman–Crippen LogP) is 8.26. The summed E-state index contributed by atoms with van der Waals surface area (Å²) in [5, 5.41) is 0.431. The largest absolute Gasteiger partial charge is 0.497 e. The first-order chi connectivity index (χ1) is 21.1. The Morgan fingerprint density at radius 2 is 1.43 bits per heavy atom. The molecule has 0 heterocycles. The van der Waals surface area contributed by atoms with Crippen LogP contribution in [0.2, 0.25) is 15.1 Å². The van der Waals surface area contributed by atoms with Crippen molar-refractivity contribution in [3.63, 3.8) is 0 Å². The molecule has 0 fully saturated rings. The number of ketones is 1. The van der Waals surface area contributed by atoms with Gasteiger partial charge in [0.2, 0.25) is 0 Å². The highest BCUT2D eigenvalue weighted by Gasteiger charge is 2.25. The number of carbonyl (C=O) groups excluding carboxylic acids is 3. The maximum absolute atomic E-state index is 13.3. The Balaban J connectivity index is 1.63. The number of halogens is 3. The summed E-state index contributed by atoms with van der Waals surface area (Å²) >= 11 is 19.2. The number of anilines is 1. The highest BCUT2D eigenvalue weighted by Crippen LogP contribution is 2.41. The summed E-state index contributed by atoms with van der Waals surface area (Å²) in [7, 11) is 2.95. The first-order valence-corrected chi connectivity index (χ1v) is 14.2. The lowest BCUT2D eigenvalue weighted by Gasteiger charge is -2.22. The maximum atomic E-state index is 13.3. The van der Waals surface area contributed by atoms with E-state index in [-0.39, 0.29) is 50.9 Å². The molecular weight excluding hydrogens is 633 g/mol. The molecular formula is C32H26Cl3NO8. The zero-order chi connectivity index (χ0) is 31.8. The molecule has 0 radical (unpaired) electrons. The van der Waals surface area contributed by atoms with Crippen LogP contribution in [-0.2, 0) is 9.53 Å². The average molecular weight is 659 g/mol. The number of benzene rings is 4. The molecule has 228 valence electrons. The van der Waals surface area contributed by atoms with E-state index in [1.165, 1.54) is 44.6 Å². The molecule has 4 rings (SSSR count). The molecule has 12 heteroatoms. The number of methoxy groups -OCH3 is 2. The molecule has 0 saturated heterocycles. The first-order valence-electron chi connectivity index (χ1n) is 13.1. The first kappa shape index (κ1) is 32.5. The van der Waals surface area contributed by atoms with Crippen LogP contribution >= 0.6 is 34.8 Å². The van der Waals surface area contributed by atoms with Gasteiger partial charge >= 0.3 is 12.1 Å². The summed E-state index contributed by atoms with van der Waals surface area (Å²) in [6, 6.07) is 20.2. The predicted molar refractivity (Wildman–Crippen MR) is 167 cm³/mol. The second-order valence-electron chi connectivity index (χ2n) is 8.98.